The molecule has 116 valence electrons. The van der Waals surface area contributed by atoms with Gasteiger partial charge in [-0.25, -0.2) is 8.42 Å². The number of rotatable bonds is 5. The van der Waals surface area contributed by atoms with Crippen LogP contribution in [0.1, 0.15) is 18.4 Å². The largest absolute Gasteiger partial charge is 0.481 e. The SMILES string of the molecule is CC(C(=O)O)c1ccc(Oc2ccc(S(C)(=O)=O)cc2)cc1. The third-order valence-electron chi connectivity index (χ3n) is 3.24. The molecule has 6 heteroatoms. The van der Waals surface area contributed by atoms with Crippen molar-refractivity contribution in [1.82, 2.24) is 0 Å². The summed E-state index contributed by atoms with van der Waals surface area (Å²) >= 11 is 0. The van der Waals surface area contributed by atoms with Crippen LogP contribution in [0, 0.1) is 0 Å². The van der Waals surface area contributed by atoms with Crippen LogP contribution < -0.4 is 4.74 Å². The summed E-state index contributed by atoms with van der Waals surface area (Å²) in [5, 5.41) is 8.95. The summed E-state index contributed by atoms with van der Waals surface area (Å²) in [4.78, 5) is 11.1. The summed E-state index contributed by atoms with van der Waals surface area (Å²) in [6.45, 7) is 1.61. The van der Waals surface area contributed by atoms with E-state index in [2.05, 4.69) is 0 Å². The number of carboxylic acid groups (broad SMARTS) is 1. The van der Waals surface area contributed by atoms with Gasteiger partial charge in [0.1, 0.15) is 11.5 Å². The van der Waals surface area contributed by atoms with Crippen molar-refractivity contribution in [1.29, 1.82) is 0 Å². The number of hydrogen-bond donors (Lipinski definition) is 1. The van der Waals surface area contributed by atoms with E-state index >= 15 is 0 Å². The third-order valence-corrected chi connectivity index (χ3v) is 4.37. The normalized spacial score (nSPS) is 12.6. The molecule has 0 aromatic heterocycles. The van der Waals surface area contributed by atoms with E-state index in [1.807, 2.05) is 0 Å². The van der Waals surface area contributed by atoms with Crippen molar-refractivity contribution in [2.75, 3.05) is 6.26 Å². The van der Waals surface area contributed by atoms with E-state index in [0.29, 0.717) is 17.1 Å². The molecule has 0 radical (unpaired) electrons. The Hall–Kier alpha value is -2.34. The van der Waals surface area contributed by atoms with Crippen molar-refractivity contribution in [2.24, 2.45) is 0 Å². The van der Waals surface area contributed by atoms with E-state index in [0.717, 1.165) is 6.26 Å². The van der Waals surface area contributed by atoms with E-state index in [1.54, 1.807) is 43.3 Å². The highest BCUT2D eigenvalue weighted by molar-refractivity contribution is 7.90. The maximum Gasteiger partial charge on any atom is 0.310 e. The van der Waals surface area contributed by atoms with Crippen LogP contribution in [0.3, 0.4) is 0 Å². The van der Waals surface area contributed by atoms with Crippen molar-refractivity contribution in [2.45, 2.75) is 17.7 Å². The molecule has 0 aliphatic rings. The molecule has 0 saturated heterocycles. The molecule has 1 atom stereocenters. The second-order valence-electron chi connectivity index (χ2n) is 4.97. The van der Waals surface area contributed by atoms with Gasteiger partial charge in [0, 0.05) is 6.26 Å². The molecule has 0 spiro atoms. The monoisotopic (exact) mass is 320 g/mol. The van der Waals surface area contributed by atoms with Crippen LogP contribution in [0.2, 0.25) is 0 Å². The van der Waals surface area contributed by atoms with Crippen LogP contribution in [-0.2, 0) is 14.6 Å². The lowest BCUT2D eigenvalue weighted by Gasteiger charge is -2.09. The molecule has 2 aromatic rings. The van der Waals surface area contributed by atoms with Gasteiger partial charge in [0.25, 0.3) is 0 Å². The Labute approximate surface area is 129 Å². The van der Waals surface area contributed by atoms with E-state index in [-0.39, 0.29) is 4.90 Å². The van der Waals surface area contributed by atoms with Gasteiger partial charge in [0.05, 0.1) is 10.8 Å². The molecule has 0 heterocycles. The van der Waals surface area contributed by atoms with Gasteiger partial charge in [-0.05, 0) is 48.9 Å². The minimum Gasteiger partial charge on any atom is -0.481 e. The predicted molar refractivity (Wildman–Crippen MR) is 82.1 cm³/mol. The smallest absolute Gasteiger partial charge is 0.310 e. The highest BCUT2D eigenvalue weighted by atomic mass is 32.2. The minimum absolute atomic E-state index is 0.227. The van der Waals surface area contributed by atoms with Crippen LogP contribution in [-0.4, -0.2) is 25.7 Å². The van der Waals surface area contributed by atoms with Gasteiger partial charge in [-0.1, -0.05) is 12.1 Å². The summed E-state index contributed by atoms with van der Waals surface area (Å²) < 4.78 is 28.3. The van der Waals surface area contributed by atoms with E-state index in [1.165, 1.54) is 12.1 Å². The van der Waals surface area contributed by atoms with Gasteiger partial charge < -0.3 is 9.84 Å². The highest BCUT2D eigenvalue weighted by Crippen LogP contribution is 2.25. The maximum atomic E-state index is 11.4. The minimum atomic E-state index is -3.23. The van der Waals surface area contributed by atoms with Crippen molar-refractivity contribution in [3.8, 4) is 11.5 Å². The lowest BCUT2D eigenvalue weighted by Crippen LogP contribution is -2.06. The van der Waals surface area contributed by atoms with Gasteiger partial charge in [0.2, 0.25) is 0 Å². The lowest BCUT2D eigenvalue weighted by molar-refractivity contribution is -0.138. The fourth-order valence-electron chi connectivity index (χ4n) is 1.86. The lowest BCUT2D eigenvalue weighted by atomic mass is 10.0. The molecule has 0 fully saturated rings. The number of ether oxygens (including phenoxy) is 1. The first-order valence-corrected chi connectivity index (χ1v) is 8.47. The number of benzene rings is 2. The van der Waals surface area contributed by atoms with Gasteiger partial charge in [-0.3, -0.25) is 4.79 Å². The van der Waals surface area contributed by atoms with E-state index in [9.17, 15) is 13.2 Å². The molecule has 0 aliphatic heterocycles. The zero-order valence-electron chi connectivity index (χ0n) is 12.2. The second-order valence-corrected chi connectivity index (χ2v) is 6.99. The zero-order valence-corrected chi connectivity index (χ0v) is 13.0. The molecule has 2 aromatic carbocycles. The van der Waals surface area contributed by atoms with E-state index in [4.69, 9.17) is 9.84 Å². The number of hydrogen-bond acceptors (Lipinski definition) is 4. The molecule has 1 unspecified atom stereocenters. The molecule has 0 amide bonds. The highest BCUT2D eigenvalue weighted by Gasteiger charge is 2.13. The van der Waals surface area contributed by atoms with Crippen LogP contribution in [0.4, 0.5) is 0 Å². The summed E-state index contributed by atoms with van der Waals surface area (Å²) in [6.07, 6.45) is 1.14. The number of sulfone groups is 1. The zero-order chi connectivity index (χ0) is 16.3. The fourth-order valence-corrected chi connectivity index (χ4v) is 2.49. The molecule has 0 aliphatic carbocycles. The van der Waals surface area contributed by atoms with E-state index < -0.39 is 21.7 Å². The summed E-state index contributed by atoms with van der Waals surface area (Å²) in [6, 6.07) is 12.8. The van der Waals surface area contributed by atoms with Crippen LogP contribution in [0.15, 0.2) is 53.4 Å². The van der Waals surface area contributed by atoms with Crippen LogP contribution >= 0.6 is 0 Å². The molecular weight excluding hydrogens is 304 g/mol. The Morgan fingerprint density at radius 2 is 1.45 bits per heavy atom. The first-order valence-electron chi connectivity index (χ1n) is 6.58. The summed E-state index contributed by atoms with van der Waals surface area (Å²) in [7, 11) is -3.23. The Morgan fingerprint density at radius 3 is 1.86 bits per heavy atom. The Balaban J connectivity index is 2.13. The molecular formula is C16H16O5S. The quantitative estimate of drug-likeness (QED) is 0.915. The molecule has 0 bridgehead atoms. The van der Waals surface area contributed by atoms with Crippen molar-refractivity contribution in [3.63, 3.8) is 0 Å². The average Bonchev–Trinajstić information content (AvgIpc) is 2.47. The standard InChI is InChI=1S/C16H16O5S/c1-11(16(17)18)12-3-5-13(6-4-12)21-14-7-9-15(10-8-14)22(2,19)20/h3-11H,1-2H3,(H,17,18). The summed E-state index contributed by atoms with van der Waals surface area (Å²) in [5.41, 5.74) is 0.687. The Morgan fingerprint density at radius 1 is 1.00 bits per heavy atom. The number of carbonyl (C=O) groups is 1. The van der Waals surface area contributed by atoms with Crippen LogP contribution in [0.5, 0.6) is 11.5 Å². The fraction of sp³-hybridized carbons (Fsp3) is 0.188. The topological polar surface area (TPSA) is 80.7 Å². The number of aliphatic carboxylic acids is 1. The molecule has 5 nitrogen and oxygen atoms in total. The predicted octanol–water partition coefficient (Wildman–Crippen LogP) is 3.07. The Kier molecular flexibility index (Phi) is 4.51. The maximum absolute atomic E-state index is 11.4. The van der Waals surface area contributed by atoms with Gasteiger partial charge >= 0.3 is 5.97 Å². The van der Waals surface area contributed by atoms with Gasteiger partial charge in [-0.2, -0.15) is 0 Å². The third kappa shape index (κ3) is 3.85. The van der Waals surface area contributed by atoms with Crippen molar-refractivity contribution < 1.29 is 23.1 Å². The van der Waals surface area contributed by atoms with Crippen molar-refractivity contribution >= 4 is 15.8 Å². The molecule has 0 saturated carbocycles. The number of carboxylic acids is 1. The van der Waals surface area contributed by atoms with Gasteiger partial charge in [0.15, 0.2) is 9.84 Å². The molecule has 1 N–H and O–H groups in total. The second kappa shape index (κ2) is 6.19. The molecule has 22 heavy (non-hydrogen) atoms. The first-order chi connectivity index (χ1) is 10.3. The average molecular weight is 320 g/mol. The van der Waals surface area contributed by atoms with Crippen LogP contribution in [0.25, 0.3) is 0 Å². The first kappa shape index (κ1) is 16.0. The van der Waals surface area contributed by atoms with Crippen molar-refractivity contribution in [3.05, 3.63) is 54.1 Å². The van der Waals surface area contributed by atoms with Gasteiger partial charge in [-0.15, -0.1) is 0 Å². The Bertz CT molecular complexity index is 761. The molecule has 2 rings (SSSR count). The summed E-state index contributed by atoms with van der Waals surface area (Å²) in [5.74, 6) is -0.409.